The molecule has 0 bridgehead atoms. The van der Waals surface area contributed by atoms with Gasteiger partial charge in [0.25, 0.3) is 0 Å². The number of phenolic OH excluding ortho intramolecular Hbond substituents is 1. The summed E-state index contributed by atoms with van der Waals surface area (Å²) in [5.41, 5.74) is 1.10. The fourth-order valence-corrected chi connectivity index (χ4v) is 6.79. The van der Waals surface area contributed by atoms with Crippen LogP contribution in [-0.2, 0) is 6.42 Å². The van der Waals surface area contributed by atoms with Crippen molar-refractivity contribution >= 4 is 5.69 Å². The van der Waals surface area contributed by atoms with Crippen LogP contribution in [0, 0.1) is 27.4 Å². The molecule has 0 aliphatic heterocycles. The molecule has 0 amide bonds. The molecule has 5 atom stereocenters. The normalized spacial score (nSPS) is 36.5. The molecule has 1 aromatic carbocycles. The first kappa shape index (κ1) is 19.6. The quantitative estimate of drug-likeness (QED) is 0.400. The summed E-state index contributed by atoms with van der Waals surface area (Å²) >= 11 is 0. The van der Waals surface area contributed by atoms with Crippen molar-refractivity contribution in [1.29, 1.82) is 0 Å². The number of aliphatic hydroxyl groups excluding tert-OH is 1. The Bertz CT molecular complexity index is 780. The molecular formula is C22H31NO5. The fourth-order valence-electron chi connectivity index (χ4n) is 6.79. The lowest BCUT2D eigenvalue weighted by molar-refractivity contribution is -0.386. The molecule has 2 fully saturated rings. The number of hydrogen-bond acceptors (Lipinski definition) is 5. The van der Waals surface area contributed by atoms with E-state index in [-0.39, 0.29) is 29.4 Å². The molecule has 3 aliphatic rings. The van der Waals surface area contributed by atoms with Crippen LogP contribution in [0.25, 0.3) is 0 Å². The molecule has 4 rings (SSSR count). The third-order valence-electron chi connectivity index (χ3n) is 8.34. The number of nitro groups is 1. The Balaban J connectivity index is 1.63. The SMILES string of the molecule is CC12CCC3c4cc([N+](=O)[O-])c(O)cc4CCC3C1CCC2(O)CCCCO. The molecule has 3 N–H and O–H groups in total. The summed E-state index contributed by atoms with van der Waals surface area (Å²) in [7, 11) is 0. The third-order valence-corrected chi connectivity index (χ3v) is 8.34. The van der Waals surface area contributed by atoms with Gasteiger partial charge in [-0.25, -0.2) is 0 Å². The van der Waals surface area contributed by atoms with Crippen LogP contribution in [0.4, 0.5) is 5.69 Å². The number of fused-ring (bicyclic) bond motifs is 5. The Morgan fingerprint density at radius 1 is 1.21 bits per heavy atom. The number of nitro benzene ring substituents is 1. The minimum Gasteiger partial charge on any atom is -0.502 e. The Morgan fingerprint density at radius 3 is 2.71 bits per heavy atom. The second-order valence-corrected chi connectivity index (χ2v) is 9.42. The molecule has 0 heterocycles. The highest BCUT2D eigenvalue weighted by Crippen LogP contribution is 2.65. The Labute approximate surface area is 165 Å². The second-order valence-electron chi connectivity index (χ2n) is 9.42. The molecule has 0 radical (unpaired) electrons. The first-order chi connectivity index (χ1) is 13.3. The molecule has 0 aromatic heterocycles. The number of nitrogens with zero attached hydrogens (tertiary/aromatic N) is 1. The standard InChI is InChI=1S/C22H31NO5/c1-21-9-6-15-16(18(21)7-10-22(21,26)8-2-3-11-24)5-4-14-12-20(25)19(23(27)28)13-17(14)15/h12-13,15-16,18,24-26H,2-11H2,1H3. The first-order valence-corrected chi connectivity index (χ1v) is 10.6. The van der Waals surface area contributed by atoms with E-state index >= 15 is 0 Å². The largest absolute Gasteiger partial charge is 0.502 e. The number of aryl methyl sites for hydroxylation is 1. The third kappa shape index (κ3) is 2.84. The monoisotopic (exact) mass is 389 g/mol. The average Bonchev–Trinajstić information content (AvgIpc) is 2.92. The number of unbranched alkanes of at least 4 members (excludes halogenated alkanes) is 1. The Kier molecular flexibility index (Phi) is 4.91. The average molecular weight is 389 g/mol. The lowest BCUT2D eigenvalue weighted by Gasteiger charge is -2.53. The maximum atomic E-state index is 11.5. The Morgan fingerprint density at radius 2 is 2.00 bits per heavy atom. The maximum Gasteiger partial charge on any atom is 0.310 e. The van der Waals surface area contributed by atoms with Crippen LogP contribution in [-0.4, -0.2) is 32.5 Å². The van der Waals surface area contributed by atoms with Crippen LogP contribution in [0.2, 0.25) is 0 Å². The van der Waals surface area contributed by atoms with Gasteiger partial charge in [-0.05, 0) is 98.1 Å². The van der Waals surface area contributed by atoms with Crippen molar-refractivity contribution in [2.75, 3.05) is 6.61 Å². The van der Waals surface area contributed by atoms with E-state index in [0.717, 1.165) is 68.9 Å². The Hall–Kier alpha value is -1.66. The highest BCUT2D eigenvalue weighted by atomic mass is 16.6. The van der Waals surface area contributed by atoms with Gasteiger partial charge in [-0.15, -0.1) is 0 Å². The van der Waals surface area contributed by atoms with Crippen LogP contribution >= 0.6 is 0 Å². The summed E-state index contributed by atoms with van der Waals surface area (Å²) in [5.74, 6) is 0.900. The van der Waals surface area contributed by atoms with Crippen LogP contribution in [0.3, 0.4) is 0 Å². The van der Waals surface area contributed by atoms with E-state index in [1.54, 1.807) is 12.1 Å². The summed E-state index contributed by atoms with van der Waals surface area (Å²) in [6.45, 7) is 2.41. The van der Waals surface area contributed by atoms with E-state index in [1.165, 1.54) is 0 Å². The molecule has 6 nitrogen and oxygen atoms in total. The van der Waals surface area contributed by atoms with Crippen LogP contribution in [0.5, 0.6) is 5.75 Å². The number of phenols is 1. The lowest BCUT2D eigenvalue weighted by Crippen LogP contribution is -2.50. The first-order valence-electron chi connectivity index (χ1n) is 10.6. The van der Waals surface area contributed by atoms with Gasteiger partial charge in [0.2, 0.25) is 0 Å². The zero-order valence-electron chi connectivity index (χ0n) is 16.6. The van der Waals surface area contributed by atoms with Gasteiger partial charge in [0, 0.05) is 12.7 Å². The molecule has 28 heavy (non-hydrogen) atoms. The van der Waals surface area contributed by atoms with E-state index in [4.69, 9.17) is 5.11 Å². The molecule has 2 saturated carbocycles. The van der Waals surface area contributed by atoms with E-state index in [0.29, 0.717) is 11.8 Å². The highest BCUT2D eigenvalue weighted by Gasteiger charge is 2.61. The topological polar surface area (TPSA) is 104 Å². The summed E-state index contributed by atoms with van der Waals surface area (Å²) in [5, 5.41) is 41.9. The number of aromatic hydroxyl groups is 1. The smallest absolute Gasteiger partial charge is 0.310 e. The van der Waals surface area contributed by atoms with Crippen LogP contribution in [0.1, 0.15) is 75.3 Å². The van der Waals surface area contributed by atoms with Gasteiger partial charge < -0.3 is 15.3 Å². The van der Waals surface area contributed by atoms with Gasteiger partial charge in [-0.2, -0.15) is 0 Å². The molecule has 154 valence electrons. The van der Waals surface area contributed by atoms with Crippen molar-refractivity contribution in [2.45, 2.75) is 76.2 Å². The summed E-state index contributed by atoms with van der Waals surface area (Å²) in [6, 6.07) is 3.20. The van der Waals surface area contributed by atoms with Crippen molar-refractivity contribution in [3.05, 3.63) is 33.4 Å². The maximum absolute atomic E-state index is 11.5. The van der Waals surface area contributed by atoms with Gasteiger partial charge >= 0.3 is 5.69 Å². The highest BCUT2D eigenvalue weighted by molar-refractivity contribution is 5.53. The molecule has 6 heteroatoms. The lowest BCUT2D eigenvalue weighted by atomic mass is 9.53. The van der Waals surface area contributed by atoms with E-state index in [2.05, 4.69) is 6.92 Å². The van der Waals surface area contributed by atoms with Crippen LogP contribution < -0.4 is 0 Å². The van der Waals surface area contributed by atoms with E-state index in [9.17, 15) is 20.3 Å². The number of hydrogen-bond donors (Lipinski definition) is 3. The minimum absolute atomic E-state index is 0.121. The summed E-state index contributed by atoms with van der Waals surface area (Å²) in [4.78, 5) is 10.8. The van der Waals surface area contributed by atoms with Gasteiger partial charge in [0.05, 0.1) is 10.5 Å². The van der Waals surface area contributed by atoms with Crippen molar-refractivity contribution in [3.63, 3.8) is 0 Å². The van der Waals surface area contributed by atoms with Gasteiger partial charge in [-0.3, -0.25) is 10.1 Å². The number of benzene rings is 1. The predicted octanol–water partition coefficient (Wildman–Crippen LogP) is 4.05. The zero-order chi connectivity index (χ0) is 20.1. The van der Waals surface area contributed by atoms with Gasteiger partial charge in [0.15, 0.2) is 5.75 Å². The predicted molar refractivity (Wildman–Crippen MR) is 105 cm³/mol. The van der Waals surface area contributed by atoms with Crippen molar-refractivity contribution < 1.29 is 20.2 Å². The summed E-state index contributed by atoms with van der Waals surface area (Å²) in [6.07, 6.45) is 7.83. The van der Waals surface area contributed by atoms with E-state index in [1.807, 2.05) is 0 Å². The van der Waals surface area contributed by atoms with Gasteiger partial charge in [0.1, 0.15) is 0 Å². The van der Waals surface area contributed by atoms with Crippen molar-refractivity contribution in [1.82, 2.24) is 0 Å². The van der Waals surface area contributed by atoms with E-state index < -0.39 is 10.5 Å². The molecule has 3 aliphatic carbocycles. The van der Waals surface area contributed by atoms with Crippen molar-refractivity contribution in [3.8, 4) is 5.75 Å². The fraction of sp³-hybridized carbons (Fsp3) is 0.727. The second kappa shape index (κ2) is 6.99. The molecule has 0 saturated heterocycles. The number of aliphatic hydroxyl groups is 2. The molecular weight excluding hydrogens is 358 g/mol. The molecule has 5 unspecified atom stereocenters. The van der Waals surface area contributed by atoms with Crippen LogP contribution in [0.15, 0.2) is 12.1 Å². The van der Waals surface area contributed by atoms with Crippen molar-refractivity contribution in [2.24, 2.45) is 17.3 Å². The molecule has 1 aromatic rings. The zero-order valence-corrected chi connectivity index (χ0v) is 16.6. The molecule has 0 spiro atoms. The summed E-state index contributed by atoms with van der Waals surface area (Å²) < 4.78 is 0. The number of rotatable bonds is 5. The van der Waals surface area contributed by atoms with Gasteiger partial charge in [-0.1, -0.05) is 6.92 Å². The minimum atomic E-state index is -0.668.